The Morgan fingerprint density at radius 1 is 1.15 bits per heavy atom. The number of methoxy groups -OCH3 is 1. The van der Waals surface area contributed by atoms with Crippen molar-refractivity contribution in [2.24, 2.45) is 0 Å². The van der Waals surface area contributed by atoms with Gasteiger partial charge in [-0.3, -0.25) is 9.59 Å². The molecule has 2 aromatic rings. The van der Waals surface area contributed by atoms with Crippen molar-refractivity contribution in [3.63, 3.8) is 0 Å². The van der Waals surface area contributed by atoms with E-state index in [9.17, 15) is 9.59 Å². The number of carbonyl (C=O) groups is 2. The molecule has 0 unspecified atom stereocenters. The molecular formula is C20H19ClN2O3. The molecule has 2 N–H and O–H groups in total. The van der Waals surface area contributed by atoms with Crippen LogP contribution in [-0.2, 0) is 4.79 Å². The highest BCUT2D eigenvalue weighted by molar-refractivity contribution is 6.34. The van der Waals surface area contributed by atoms with E-state index in [0.29, 0.717) is 10.8 Å². The minimum atomic E-state index is -0.468. The summed E-state index contributed by atoms with van der Waals surface area (Å²) in [5, 5.41) is 5.57. The summed E-state index contributed by atoms with van der Waals surface area (Å²) in [6.07, 6.45) is 3.13. The highest BCUT2D eigenvalue weighted by Crippen LogP contribution is 2.16. The maximum Gasteiger partial charge on any atom is 0.268 e. The van der Waals surface area contributed by atoms with Crippen molar-refractivity contribution in [3.05, 3.63) is 83.0 Å². The van der Waals surface area contributed by atoms with E-state index in [-0.39, 0.29) is 17.8 Å². The van der Waals surface area contributed by atoms with Crippen LogP contribution >= 0.6 is 11.6 Å². The Morgan fingerprint density at radius 3 is 2.46 bits per heavy atom. The van der Waals surface area contributed by atoms with Crippen molar-refractivity contribution in [1.82, 2.24) is 10.6 Å². The number of carbonyl (C=O) groups excluding carboxylic acids is 2. The normalized spacial score (nSPS) is 10.8. The van der Waals surface area contributed by atoms with Crippen LogP contribution < -0.4 is 15.4 Å². The maximum atomic E-state index is 12.5. The molecule has 0 fully saturated rings. The first-order valence-corrected chi connectivity index (χ1v) is 8.23. The third-order valence-electron chi connectivity index (χ3n) is 3.45. The number of amides is 2. The summed E-state index contributed by atoms with van der Waals surface area (Å²) in [5.41, 5.74) is 1.11. The van der Waals surface area contributed by atoms with Gasteiger partial charge in [-0.05, 0) is 35.9 Å². The van der Waals surface area contributed by atoms with Gasteiger partial charge in [0.05, 0.1) is 17.7 Å². The number of benzene rings is 2. The molecule has 6 heteroatoms. The lowest BCUT2D eigenvalue weighted by molar-refractivity contribution is -0.117. The molecule has 2 rings (SSSR count). The molecule has 0 heterocycles. The molecule has 0 atom stereocenters. The first-order chi connectivity index (χ1) is 12.5. The van der Waals surface area contributed by atoms with E-state index < -0.39 is 11.8 Å². The number of hydrogen-bond donors (Lipinski definition) is 2. The highest BCUT2D eigenvalue weighted by atomic mass is 35.5. The van der Waals surface area contributed by atoms with Crippen LogP contribution in [0.3, 0.4) is 0 Å². The monoisotopic (exact) mass is 370 g/mol. The zero-order valence-electron chi connectivity index (χ0n) is 14.3. The Kier molecular flexibility index (Phi) is 7.00. The fourth-order valence-corrected chi connectivity index (χ4v) is 2.34. The van der Waals surface area contributed by atoms with Gasteiger partial charge in [0.1, 0.15) is 11.4 Å². The summed E-state index contributed by atoms with van der Waals surface area (Å²) < 4.78 is 5.11. The molecule has 26 heavy (non-hydrogen) atoms. The third kappa shape index (κ3) is 5.22. The zero-order chi connectivity index (χ0) is 18.9. The van der Waals surface area contributed by atoms with Crippen LogP contribution in [0, 0.1) is 0 Å². The van der Waals surface area contributed by atoms with E-state index in [4.69, 9.17) is 16.3 Å². The minimum Gasteiger partial charge on any atom is -0.497 e. The molecule has 0 aliphatic rings. The van der Waals surface area contributed by atoms with Gasteiger partial charge in [-0.1, -0.05) is 41.9 Å². The molecule has 0 saturated heterocycles. The van der Waals surface area contributed by atoms with Crippen molar-refractivity contribution in [1.29, 1.82) is 0 Å². The largest absolute Gasteiger partial charge is 0.497 e. The maximum absolute atomic E-state index is 12.5. The zero-order valence-corrected chi connectivity index (χ0v) is 15.0. The molecule has 0 radical (unpaired) electrons. The molecule has 2 amide bonds. The Labute approximate surface area is 157 Å². The molecule has 5 nitrogen and oxygen atoms in total. The molecule has 0 saturated carbocycles. The van der Waals surface area contributed by atoms with E-state index >= 15 is 0 Å². The van der Waals surface area contributed by atoms with Crippen molar-refractivity contribution < 1.29 is 14.3 Å². The first kappa shape index (κ1) is 19.3. The lowest BCUT2D eigenvalue weighted by atomic mass is 10.1. The summed E-state index contributed by atoms with van der Waals surface area (Å²) in [4.78, 5) is 24.9. The van der Waals surface area contributed by atoms with E-state index in [1.54, 1.807) is 67.8 Å². The van der Waals surface area contributed by atoms with Crippen LogP contribution in [0.5, 0.6) is 5.75 Å². The predicted molar refractivity (Wildman–Crippen MR) is 103 cm³/mol. The van der Waals surface area contributed by atoms with Crippen molar-refractivity contribution in [2.75, 3.05) is 13.7 Å². The second kappa shape index (κ2) is 9.44. The number of halogens is 1. The molecule has 0 aliphatic carbocycles. The van der Waals surface area contributed by atoms with Crippen molar-refractivity contribution in [2.45, 2.75) is 0 Å². The summed E-state index contributed by atoms with van der Waals surface area (Å²) in [6, 6.07) is 13.7. The lowest BCUT2D eigenvalue weighted by Gasteiger charge is -2.11. The summed E-state index contributed by atoms with van der Waals surface area (Å²) >= 11 is 6.05. The van der Waals surface area contributed by atoms with E-state index in [1.165, 1.54) is 0 Å². The van der Waals surface area contributed by atoms with Crippen LogP contribution in [0.4, 0.5) is 0 Å². The predicted octanol–water partition coefficient (Wildman–Crippen LogP) is 3.42. The average molecular weight is 371 g/mol. The highest BCUT2D eigenvalue weighted by Gasteiger charge is 2.16. The van der Waals surface area contributed by atoms with E-state index in [1.807, 2.05) is 0 Å². The SMILES string of the molecule is C=CCNC(=O)/C(=C/c1ccc(OC)cc1)NC(=O)c1ccccc1Cl. The molecule has 0 aliphatic heterocycles. The second-order valence-electron chi connectivity index (χ2n) is 5.26. The van der Waals surface area contributed by atoms with Gasteiger partial charge in [0.15, 0.2) is 0 Å². The minimum absolute atomic E-state index is 0.0990. The van der Waals surface area contributed by atoms with Gasteiger partial charge in [0.2, 0.25) is 0 Å². The van der Waals surface area contributed by atoms with Crippen LogP contribution in [-0.4, -0.2) is 25.5 Å². The number of rotatable bonds is 7. The van der Waals surface area contributed by atoms with E-state index in [2.05, 4.69) is 17.2 Å². The van der Waals surface area contributed by atoms with Crippen molar-refractivity contribution in [3.8, 4) is 5.75 Å². The number of hydrogen-bond acceptors (Lipinski definition) is 3. The Balaban J connectivity index is 2.29. The van der Waals surface area contributed by atoms with Crippen LogP contribution in [0.1, 0.15) is 15.9 Å². The van der Waals surface area contributed by atoms with Crippen LogP contribution in [0.2, 0.25) is 5.02 Å². The fourth-order valence-electron chi connectivity index (χ4n) is 2.12. The van der Waals surface area contributed by atoms with E-state index in [0.717, 1.165) is 5.56 Å². The third-order valence-corrected chi connectivity index (χ3v) is 3.77. The average Bonchev–Trinajstić information content (AvgIpc) is 2.66. The summed E-state index contributed by atoms with van der Waals surface area (Å²) in [7, 11) is 1.57. The van der Waals surface area contributed by atoms with Gasteiger partial charge in [-0.15, -0.1) is 6.58 Å². The summed E-state index contributed by atoms with van der Waals surface area (Å²) in [5.74, 6) is -0.204. The van der Waals surface area contributed by atoms with Gasteiger partial charge >= 0.3 is 0 Å². The molecule has 0 aromatic heterocycles. The Hall–Kier alpha value is -3.05. The van der Waals surface area contributed by atoms with Crippen LogP contribution in [0.15, 0.2) is 66.9 Å². The van der Waals surface area contributed by atoms with Gasteiger partial charge in [0, 0.05) is 6.54 Å². The molecule has 0 bridgehead atoms. The standard InChI is InChI=1S/C20H19ClN2O3/c1-3-12-22-20(25)18(13-14-8-10-15(26-2)11-9-14)23-19(24)16-6-4-5-7-17(16)21/h3-11,13H,1,12H2,2H3,(H,22,25)(H,23,24)/b18-13-. The second-order valence-corrected chi connectivity index (χ2v) is 5.67. The fraction of sp³-hybridized carbons (Fsp3) is 0.100. The quantitative estimate of drug-likeness (QED) is 0.579. The van der Waals surface area contributed by atoms with Gasteiger partial charge in [-0.2, -0.15) is 0 Å². The van der Waals surface area contributed by atoms with Gasteiger partial charge in [-0.25, -0.2) is 0 Å². The summed E-state index contributed by atoms with van der Waals surface area (Å²) in [6.45, 7) is 3.84. The van der Waals surface area contributed by atoms with Gasteiger partial charge < -0.3 is 15.4 Å². The lowest BCUT2D eigenvalue weighted by Crippen LogP contribution is -2.35. The topological polar surface area (TPSA) is 67.4 Å². The Morgan fingerprint density at radius 2 is 1.85 bits per heavy atom. The Bertz CT molecular complexity index is 829. The van der Waals surface area contributed by atoms with Crippen LogP contribution in [0.25, 0.3) is 6.08 Å². The molecule has 2 aromatic carbocycles. The number of ether oxygens (including phenoxy) is 1. The molecule has 134 valence electrons. The first-order valence-electron chi connectivity index (χ1n) is 7.86. The number of nitrogens with one attached hydrogen (secondary N) is 2. The van der Waals surface area contributed by atoms with Gasteiger partial charge in [0.25, 0.3) is 11.8 Å². The molecular weight excluding hydrogens is 352 g/mol. The molecule has 0 spiro atoms. The van der Waals surface area contributed by atoms with Crippen molar-refractivity contribution >= 4 is 29.5 Å². The smallest absolute Gasteiger partial charge is 0.268 e.